The average molecular weight is 369 g/mol. The van der Waals surface area contributed by atoms with Gasteiger partial charge in [0, 0.05) is 5.69 Å². The molecule has 0 spiro atoms. The van der Waals surface area contributed by atoms with Crippen molar-refractivity contribution < 1.29 is 13.2 Å². The second kappa shape index (κ2) is 9.42. The van der Waals surface area contributed by atoms with Crippen LogP contribution < -0.4 is 10.6 Å². The van der Waals surface area contributed by atoms with Gasteiger partial charge < -0.3 is 10.6 Å². The molecule has 0 aliphatic heterocycles. The van der Waals surface area contributed by atoms with Crippen LogP contribution in [0, 0.1) is 0 Å². The van der Waals surface area contributed by atoms with E-state index < -0.39 is 9.84 Å². The molecule has 24 heavy (non-hydrogen) atoms. The molecule has 1 amide bonds. The molecule has 0 aliphatic rings. The quantitative estimate of drug-likeness (QED) is 0.786. The van der Waals surface area contributed by atoms with Gasteiger partial charge in [0.1, 0.15) is 0 Å². The van der Waals surface area contributed by atoms with Crippen LogP contribution >= 0.6 is 12.4 Å². The minimum atomic E-state index is -3.27. The zero-order chi connectivity index (χ0) is 16.7. The molecule has 0 bridgehead atoms. The molecule has 0 unspecified atom stereocenters. The van der Waals surface area contributed by atoms with E-state index in [1.165, 1.54) is 0 Å². The van der Waals surface area contributed by atoms with E-state index in [0.717, 1.165) is 5.56 Å². The fourth-order valence-corrected chi connectivity index (χ4v) is 3.73. The van der Waals surface area contributed by atoms with Crippen LogP contribution in [-0.2, 0) is 26.1 Å². The van der Waals surface area contributed by atoms with Crippen molar-refractivity contribution in [3.05, 3.63) is 65.7 Å². The highest BCUT2D eigenvalue weighted by Crippen LogP contribution is 2.16. The first-order chi connectivity index (χ1) is 11.0. The summed E-state index contributed by atoms with van der Waals surface area (Å²) in [7, 11) is -1.58. The number of anilines is 1. The Morgan fingerprint density at radius 3 is 2.25 bits per heavy atom. The Hall–Kier alpha value is -1.89. The number of carbonyl (C=O) groups excluding carboxylic acids is 1. The van der Waals surface area contributed by atoms with Gasteiger partial charge >= 0.3 is 0 Å². The number of nitrogens with one attached hydrogen (secondary N) is 2. The van der Waals surface area contributed by atoms with E-state index in [0.29, 0.717) is 11.3 Å². The molecular weight excluding hydrogens is 348 g/mol. The number of carbonyl (C=O) groups is 1. The third kappa shape index (κ3) is 6.70. The number of sulfone groups is 1. The summed E-state index contributed by atoms with van der Waals surface area (Å²) >= 11 is 0. The number of hydrogen-bond donors (Lipinski definition) is 2. The lowest BCUT2D eigenvalue weighted by molar-refractivity contribution is -0.115. The number of rotatable bonds is 7. The van der Waals surface area contributed by atoms with E-state index in [-0.39, 0.29) is 36.4 Å². The van der Waals surface area contributed by atoms with E-state index >= 15 is 0 Å². The Bertz CT molecular complexity index is 764. The first kappa shape index (κ1) is 20.2. The molecule has 2 aromatic rings. The van der Waals surface area contributed by atoms with Crippen LogP contribution in [0.4, 0.5) is 5.69 Å². The largest absolute Gasteiger partial charge is 0.325 e. The lowest BCUT2D eigenvalue weighted by Crippen LogP contribution is -2.25. The fourth-order valence-electron chi connectivity index (χ4n) is 2.24. The summed E-state index contributed by atoms with van der Waals surface area (Å²) in [4.78, 5) is 11.6. The minimum absolute atomic E-state index is 0. The molecule has 130 valence electrons. The summed E-state index contributed by atoms with van der Waals surface area (Å²) in [5, 5.41) is 5.48. The van der Waals surface area contributed by atoms with Crippen LogP contribution in [0.25, 0.3) is 0 Å². The highest BCUT2D eigenvalue weighted by molar-refractivity contribution is 7.89. The standard InChI is InChI=1S/C17H20N2O3S.ClH/c1-18-11-17(20)19-16-9-5-8-15(10-16)13-23(21,22)12-14-6-3-2-4-7-14;/h2-10,18H,11-13H2,1H3,(H,19,20);1H. The lowest BCUT2D eigenvalue weighted by Gasteiger charge is -2.08. The number of amides is 1. The zero-order valence-electron chi connectivity index (χ0n) is 13.4. The topological polar surface area (TPSA) is 75.3 Å². The Morgan fingerprint density at radius 1 is 0.958 bits per heavy atom. The van der Waals surface area contributed by atoms with Gasteiger partial charge in [-0.3, -0.25) is 4.79 Å². The van der Waals surface area contributed by atoms with Gasteiger partial charge in [-0.25, -0.2) is 8.42 Å². The third-order valence-electron chi connectivity index (χ3n) is 3.16. The van der Waals surface area contributed by atoms with E-state index in [2.05, 4.69) is 10.6 Å². The molecule has 0 atom stereocenters. The van der Waals surface area contributed by atoms with Crippen LogP contribution in [-0.4, -0.2) is 27.9 Å². The summed E-state index contributed by atoms with van der Waals surface area (Å²) in [6.07, 6.45) is 0. The Kier molecular flexibility index (Phi) is 7.91. The van der Waals surface area contributed by atoms with Crippen molar-refractivity contribution in [1.29, 1.82) is 0 Å². The van der Waals surface area contributed by atoms with Crippen molar-refractivity contribution in [3.63, 3.8) is 0 Å². The summed E-state index contributed by atoms with van der Waals surface area (Å²) in [5.41, 5.74) is 2.02. The Labute approximate surface area is 148 Å². The average Bonchev–Trinajstić information content (AvgIpc) is 2.47. The van der Waals surface area contributed by atoms with E-state index in [1.807, 2.05) is 18.2 Å². The van der Waals surface area contributed by atoms with Crippen LogP contribution in [0.1, 0.15) is 11.1 Å². The summed E-state index contributed by atoms with van der Waals surface area (Å²) in [6, 6.07) is 16.0. The third-order valence-corrected chi connectivity index (χ3v) is 4.71. The molecule has 0 fully saturated rings. The second-order valence-electron chi connectivity index (χ2n) is 5.30. The summed E-state index contributed by atoms with van der Waals surface area (Å²) in [6.45, 7) is 0.205. The van der Waals surface area contributed by atoms with Crippen molar-refractivity contribution in [1.82, 2.24) is 5.32 Å². The Morgan fingerprint density at radius 2 is 1.58 bits per heavy atom. The van der Waals surface area contributed by atoms with Gasteiger partial charge in [0.2, 0.25) is 5.91 Å². The van der Waals surface area contributed by atoms with Crippen LogP contribution in [0.3, 0.4) is 0 Å². The molecule has 0 saturated heterocycles. The van der Waals surface area contributed by atoms with Gasteiger partial charge in [-0.2, -0.15) is 0 Å². The molecule has 0 radical (unpaired) electrons. The molecule has 5 nitrogen and oxygen atoms in total. The highest BCUT2D eigenvalue weighted by Gasteiger charge is 2.13. The van der Waals surface area contributed by atoms with Gasteiger partial charge in [-0.05, 0) is 30.3 Å². The molecule has 2 rings (SSSR count). The predicted molar refractivity (Wildman–Crippen MR) is 99.0 cm³/mol. The number of halogens is 1. The fraction of sp³-hybridized carbons (Fsp3) is 0.235. The monoisotopic (exact) mass is 368 g/mol. The van der Waals surface area contributed by atoms with Crippen molar-refractivity contribution in [3.8, 4) is 0 Å². The van der Waals surface area contributed by atoms with Crippen LogP contribution in [0.2, 0.25) is 0 Å². The molecule has 0 aromatic heterocycles. The summed E-state index contributed by atoms with van der Waals surface area (Å²) < 4.78 is 24.6. The van der Waals surface area contributed by atoms with Crippen molar-refractivity contribution in [2.45, 2.75) is 11.5 Å². The second-order valence-corrected chi connectivity index (χ2v) is 7.36. The van der Waals surface area contributed by atoms with Crippen LogP contribution in [0.15, 0.2) is 54.6 Å². The van der Waals surface area contributed by atoms with Gasteiger partial charge in [-0.1, -0.05) is 42.5 Å². The SMILES string of the molecule is CNCC(=O)Nc1cccc(CS(=O)(=O)Cc2ccccc2)c1.Cl. The number of benzene rings is 2. The van der Waals surface area contributed by atoms with Crippen molar-refractivity contribution >= 4 is 33.8 Å². The van der Waals surface area contributed by atoms with E-state index in [9.17, 15) is 13.2 Å². The van der Waals surface area contributed by atoms with Crippen molar-refractivity contribution in [2.24, 2.45) is 0 Å². The maximum Gasteiger partial charge on any atom is 0.238 e. The maximum absolute atomic E-state index is 12.3. The predicted octanol–water partition coefficient (Wildman–Crippen LogP) is 2.38. The first-order valence-corrected chi connectivity index (χ1v) is 9.08. The molecule has 0 aliphatic carbocycles. The van der Waals surface area contributed by atoms with Gasteiger partial charge in [-0.15, -0.1) is 12.4 Å². The molecule has 0 heterocycles. The normalized spacial score (nSPS) is 10.7. The molecule has 7 heteroatoms. The van der Waals surface area contributed by atoms with Gasteiger partial charge in [0.05, 0.1) is 18.1 Å². The maximum atomic E-state index is 12.3. The number of hydrogen-bond acceptors (Lipinski definition) is 4. The zero-order valence-corrected chi connectivity index (χ0v) is 15.0. The minimum Gasteiger partial charge on any atom is -0.325 e. The van der Waals surface area contributed by atoms with E-state index in [4.69, 9.17) is 0 Å². The Balaban J connectivity index is 0.00000288. The molecule has 0 saturated carbocycles. The first-order valence-electron chi connectivity index (χ1n) is 7.26. The van der Waals surface area contributed by atoms with Crippen molar-refractivity contribution in [2.75, 3.05) is 18.9 Å². The summed E-state index contributed by atoms with van der Waals surface area (Å²) in [5.74, 6) is -0.223. The molecular formula is C17H21ClN2O3S. The smallest absolute Gasteiger partial charge is 0.238 e. The van der Waals surface area contributed by atoms with Crippen LogP contribution in [0.5, 0.6) is 0 Å². The molecule has 2 N–H and O–H groups in total. The van der Waals surface area contributed by atoms with Gasteiger partial charge in [0.15, 0.2) is 9.84 Å². The highest BCUT2D eigenvalue weighted by atomic mass is 35.5. The van der Waals surface area contributed by atoms with E-state index in [1.54, 1.807) is 43.4 Å². The lowest BCUT2D eigenvalue weighted by atomic mass is 10.2. The number of likely N-dealkylation sites (N-methyl/N-ethyl adjacent to an activating group) is 1. The van der Waals surface area contributed by atoms with Gasteiger partial charge in [0.25, 0.3) is 0 Å². The molecule has 2 aromatic carbocycles.